The molecule has 0 saturated carbocycles. The van der Waals surface area contributed by atoms with Gasteiger partial charge in [0.2, 0.25) is 11.8 Å². The summed E-state index contributed by atoms with van der Waals surface area (Å²) in [5, 5.41) is 0. The van der Waals surface area contributed by atoms with Crippen LogP contribution in [0.15, 0.2) is 4.99 Å². The Morgan fingerprint density at radius 3 is 1.95 bits per heavy atom. The minimum Gasteiger partial charge on any atom is -0.334 e. The maximum atomic E-state index is 12.3. The normalized spacial score (nSPS) is 17.9. The maximum Gasteiger partial charge on any atom is 0.332 e. The van der Waals surface area contributed by atoms with Crippen molar-refractivity contribution in [3.8, 4) is 0 Å². The Hall–Kier alpha value is -1.76. The first-order chi connectivity index (χ1) is 10.4. The zero-order valence-electron chi connectivity index (χ0n) is 14.2. The largest absolute Gasteiger partial charge is 0.334 e. The van der Waals surface area contributed by atoms with Crippen LogP contribution in [0.5, 0.6) is 0 Å². The van der Waals surface area contributed by atoms with E-state index in [4.69, 9.17) is 0 Å². The fourth-order valence-corrected chi connectivity index (χ4v) is 2.56. The van der Waals surface area contributed by atoms with Crippen molar-refractivity contribution in [2.24, 2.45) is 10.9 Å². The molecule has 7 nitrogen and oxygen atoms in total. The number of rotatable bonds is 7. The average molecular weight is 311 g/mol. The number of amides is 4. The lowest BCUT2D eigenvalue weighted by Gasteiger charge is -2.33. The van der Waals surface area contributed by atoms with Gasteiger partial charge < -0.3 is 4.90 Å². The summed E-state index contributed by atoms with van der Waals surface area (Å²) in [6.07, 6.45) is 0.519. The van der Waals surface area contributed by atoms with Gasteiger partial charge in [0.05, 0.1) is 26.2 Å². The van der Waals surface area contributed by atoms with E-state index in [9.17, 15) is 14.4 Å². The van der Waals surface area contributed by atoms with Crippen molar-refractivity contribution >= 4 is 23.6 Å². The lowest BCUT2D eigenvalue weighted by atomic mass is 9.96. The molecule has 0 bridgehead atoms. The standard InChI is InChI=1S/C15H26N4O3/c1-6-11(16-9-10-19(7-2)8-3)12-13(20)17(4)15(22)18(5)14(12)21/h12H,6-10H2,1-5H3/p+1. The van der Waals surface area contributed by atoms with Gasteiger partial charge in [0.25, 0.3) is 0 Å². The lowest BCUT2D eigenvalue weighted by Crippen LogP contribution is -3.11. The molecule has 0 aromatic rings. The number of nitrogens with one attached hydrogen (secondary N) is 1. The number of carbonyl (C=O) groups is 3. The Kier molecular flexibility index (Phi) is 6.67. The van der Waals surface area contributed by atoms with Gasteiger partial charge in [-0.3, -0.25) is 24.4 Å². The summed E-state index contributed by atoms with van der Waals surface area (Å²) in [5.74, 6) is -1.92. The van der Waals surface area contributed by atoms with Gasteiger partial charge in [-0.05, 0) is 20.3 Å². The Morgan fingerprint density at radius 1 is 1.05 bits per heavy atom. The fraction of sp³-hybridized carbons (Fsp3) is 0.733. The number of quaternary nitrogens is 1. The topological polar surface area (TPSA) is 74.5 Å². The van der Waals surface area contributed by atoms with Gasteiger partial charge in [0.1, 0.15) is 0 Å². The molecule has 0 spiro atoms. The Bertz CT molecular complexity index is 447. The highest BCUT2D eigenvalue weighted by Crippen LogP contribution is 2.18. The van der Waals surface area contributed by atoms with Crippen molar-refractivity contribution in [2.75, 3.05) is 40.3 Å². The molecule has 124 valence electrons. The zero-order chi connectivity index (χ0) is 16.9. The van der Waals surface area contributed by atoms with Crippen LogP contribution >= 0.6 is 0 Å². The van der Waals surface area contributed by atoms with E-state index < -0.39 is 23.8 Å². The molecule has 0 radical (unpaired) electrons. The van der Waals surface area contributed by atoms with Crippen LogP contribution in [0.4, 0.5) is 4.79 Å². The molecule has 1 N–H and O–H groups in total. The van der Waals surface area contributed by atoms with Crippen LogP contribution in [-0.2, 0) is 9.59 Å². The van der Waals surface area contributed by atoms with Gasteiger partial charge in [-0.2, -0.15) is 0 Å². The molecule has 1 saturated heterocycles. The molecular weight excluding hydrogens is 284 g/mol. The lowest BCUT2D eigenvalue weighted by molar-refractivity contribution is -0.894. The predicted molar refractivity (Wildman–Crippen MR) is 83.9 cm³/mol. The highest BCUT2D eigenvalue weighted by atomic mass is 16.2. The van der Waals surface area contributed by atoms with Crippen molar-refractivity contribution in [1.29, 1.82) is 0 Å². The van der Waals surface area contributed by atoms with Gasteiger partial charge in [0.15, 0.2) is 5.92 Å². The summed E-state index contributed by atoms with van der Waals surface area (Å²) in [4.78, 5) is 44.2. The van der Waals surface area contributed by atoms with E-state index in [2.05, 4.69) is 18.8 Å². The highest BCUT2D eigenvalue weighted by Gasteiger charge is 2.44. The Morgan fingerprint density at radius 2 is 1.55 bits per heavy atom. The van der Waals surface area contributed by atoms with Gasteiger partial charge in [-0.15, -0.1) is 0 Å². The van der Waals surface area contributed by atoms with Gasteiger partial charge in [-0.25, -0.2) is 4.79 Å². The van der Waals surface area contributed by atoms with Crippen LogP contribution in [0.25, 0.3) is 0 Å². The Balaban J connectivity index is 2.90. The van der Waals surface area contributed by atoms with Gasteiger partial charge in [-0.1, -0.05) is 6.92 Å². The molecule has 0 aliphatic carbocycles. The van der Waals surface area contributed by atoms with Crippen LogP contribution in [0.2, 0.25) is 0 Å². The van der Waals surface area contributed by atoms with E-state index in [1.165, 1.54) is 19.0 Å². The minimum absolute atomic E-state index is 0.483. The number of aliphatic imine (C=N–C) groups is 1. The third-order valence-electron chi connectivity index (χ3n) is 4.20. The molecule has 4 amide bonds. The summed E-state index contributed by atoms with van der Waals surface area (Å²) in [6, 6.07) is -0.589. The number of carbonyl (C=O) groups excluding carboxylic acids is 3. The summed E-state index contributed by atoms with van der Waals surface area (Å²) in [7, 11) is 2.79. The van der Waals surface area contributed by atoms with E-state index in [0.29, 0.717) is 18.7 Å². The van der Waals surface area contributed by atoms with E-state index in [0.717, 1.165) is 29.4 Å². The SMILES string of the molecule is CCC(=NCC[NH+](CC)CC)C1C(=O)N(C)C(=O)N(C)C1=O. The predicted octanol–water partition coefficient (Wildman–Crippen LogP) is -0.571. The summed E-state index contributed by atoms with van der Waals surface area (Å²) in [5.41, 5.74) is 0.563. The molecule has 1 rings (SSSR count). The maximum absolute atomic E-state index is 12.3. The van der Waals surface area contributed by atoms with Crippen LogP contribution < -0.4 is 4.90 Å². The second-order valence-corrected chi connectivity index (χ2v) is 5.44. The number of likely N-dealkylation sites (N-methyl/N-ethyl adjacent to an activating group) is 1. The minimum atomic E-state index is -0.954. The number of nitrogens with zero attached hydrogens (tertiary/aromatic N) is 3. The van der Waals surface area contributed by atoms with Crippen molar-refractivity contribution in [2.45, 2.75) is 27.2 Å². The molecule has 1 aliphatic rings. The fourth-order valence-electron chi connectivity index (χ4n) is 2.56. The highest BCUT2D eigenvalue weighted by molar-refractivity contribution is 6.27. The zero-order valence-corrected chi connectivity index (χ0v) is 14.2. The van der Waals surface area contributed by atoms with E-state index >= 15 is 0 Å². The second-order valence-electron chi connectivity index (χ2n) is 5.44. The van der Waals surface area contributed by atoms with Gasteiger partial charge >= 0.3 is 6.03 Å². The first kappa shape index (κ1) is 18.3. The van der Waals surface area contributed by atoms with E-state index in [-0.39, 0.29) is 0 Å². The molecule has 0 unspecified atom stereocenters. The monoisotopic (exact) mass is 311 g/mol. The van der Waals surface area contributed by atoms with Crippen molar-refractivity contribution in [3.05, 3.63) is 0 Å². The average Bonchev–Trinajstić information content (AvgIpc) is 2.53. The number of urea groups is 1. The van der Waals surface area contributed by atoms with Crippen molar-refractivity contribution < 1.29 is 19.3 Å². The third kappa shape index (κ3) is 3.71. The molecule has 1 heterocycles. The smallest absolute Gasteiger partial charge is 0.332 e. The van der Waals surface area contributed by atoms with Crippen LogP contribution in [0.3, 0.4) is 0 Å². The summed E-state index contributed by atoms with van der Waals surface area (Å²) >= 11 is 0. The van der Waals surface area contributed by atoms with Crippen LogP contribution in [0, 0.1) is 5.92 Å². The number of hydrogen-bond donors (Lipinski definition) is 1. The Labute approximate surface area is 132 Å². The third-order valence-corrected chi connectivity index (χ3v) is 4.20. The number of imide groups is 2. The molecule has 1 fully saturated rings. The van der Waals surface area contributed by atoms with Crippen LogP contribution in [0.1, 0.15) is 27.2 Å². The van der Waals surface area contributed by atoms with Crippen LogP contribution in [-0.4, -0.2) is 73.6 Å². The first-order valence-electron chi connectivity index (χ1n) is 7.84. The molecule has 7 heteroatoms. The quantitative estimate of drug-likeness (QED) is 0.505. The molecule has 1 aliphatic heterocycles. The van der Waals surface area contributed by atoms with E-state index in [1.54, 1.807) is 0 Å². The number of hydrogen-bond acceptors (Lipinski definition) is 4. The summed E-state index contributed by atoms with van der Waals surface area (Å²) in [6.45, 7) is 9.61. The summed E-state index contributed by atoms with van der Waals surface area (Å²) < 4.78 is 0. The van der Waals surface area contributed by atoms with E-state index in [1.807, 2.05) is 6.92 Å². The number of barbiturate groups is 1. The van der Waals surface area contributed by atoms with Crippen molar-refractivity contribution in [1.82, 2.24) is 9.80 Å². The molecule has 0 aromatic carbocycles. The molecule has 0 atom stereocenters. The molecule has 22 heavy (non-hydrogen) atoms. The molecule has 0 aromatic heterocycles. The van der Waals surface area contributed by atoms with Gasteiger partial charge in [0, 0.05) is 19.8 Å². The molecular formula is C15H27N4O3+. The van der Waals surface area contributed by atoms with Crippen molar-refractivity contribution in [3.63, 3.8) is 0 Å². The first-order valence-corrected chi connectivity index (χ1v) is 7.84. The second kappa shape index (κ2) is 8.03.